The fourth-order valence-corrected chi connectivity index (χ4v) is 4.35. The maximum Gasteiger partial charge on any atom is 0.276 e. The zero-order valence-corrected chi connectivity index (χ0v) is 20.1. The second kappa shape index (κ2) is 9.01. The van der Waals surface area contributed by atoms with Crippen molar-refractivity contribution in [3.63, 3.8) is 0 Å². The lowest BCUT2D eigenvalue weighted by Gasteiger charge is -2.21. The number of hydrogen-bond donors (Lipinski definition) is 2. The Morgan fingerprint density at radius 3 is 2.75 bits per heavy atom. The summed E-state index contributed by atoms with van der Waals surface area (Å²) in [5.74, 6) is -0.698. The largest absolute Gasteiger partial charge is 0.496 e. The number of aliphatic hydroxyl groups is 1. The number of nitrogens with one attached hydrogen (secondary N) is 1. The zero-order valence-electron chi connectivity index (χ0n) is 20.1. The number of nitrogens with zero attached hydrogens (tertiary/aromatic N) is 4. The second-order valence-electron chi connectivity index (χ2n) is 9.27. The minimum absolute atomic E-state index is 0.239. The van der Waals surface area contributed by atoms with E-state index in [0.29, 0.717) is 28.1 Å². The highest BCUT2D eigenvalue weighted by molar-refractivity contribution is 6.11. The van der Waals surface area contributed by atoms with E-state index in [-0.39, 0.29) is 24.1 Å². The molecular formula is C27H25N5O4. The maximum absolute atomic E-state index is 13.2. The number of hydrogen-bond acceptors (Lipinski definition) is 6. The van der Waals surface area contributed by atoms with Gasteiger partial charge < -0.3 is 15.2 Å². The van der Waals surface area contributed by atoms with Gasteiger partial charge in [0.15, 0.2) is 5.69 Å². The summed E-state index contributed by atoms with van der Waals surface area (Å²) >= 11 is 0. The van der Waals surface area contributed by atoms with Crippen LogP contribution < -0.4 is 10.1 Å². The van der Waals surface area contributed by atoms with Gasteiger partial charge in [-0.15, -0.1) is 10.2 Å². The van der Waals surface area contributed by atoms with Crippen molar-refractivity contribution in [1.29, 1.82) is 0 Å². The summed E-state index contributed by atoms with van der Waals surface area (Å²) in [4.78, 5) is 25.4. The molecule has 0 radical (unpaired) electrons. The molecule has 9 nitrogen and oxygen atoms in total. The monoisotopic (exact) mass is 483 g/mol. The molecule has 0 bridgehead atoms. The molecule has 1 aliphatic heterocycles. The zero-order chi connectivity index (χ0) is 25.4. The van der Waals surface area contributed by atoms with Gasteiger partial charge in [-0.1, -0.05) is 42.5 Å². The molecule has 1 atom stereocenters. The normalized spacial score (nSPS) is 17.0. The number of carbonyl (C=O) groups excluding carboxylic acids is 2. The molecule has 9 heteroatoms. The summed E-state index contributed by atoms with van der Waals surface area (Å²) in [6.45, 7) is 3.62. The number of ether oxygens (including phenoxy) is 1. The van der Waals surface area contributed by atoms with E-state index in [1.54, 1.807) is 42.8 Å². The Kier molecular flexibility index (Phi) is 5.85. The number of aromatic nitrogens is 2. The lowest BCUT2D eigenvalue weighted by atomic mass is 9.89. The first-order chi connectivity index (χ1) is 17.2. The Labute approximate surface area is 207 Å². The molecule has 0 saturated heterocycles. The fraction of sp³-hybridized carbons (Fsp3) is 0.222. The molecule has 5 rings (SSSR count). The summed E-state index contributed by atoms with van der Waals surface area (Å²) in [6.07, 6.45) is 7.30. The van der Waals surface area contributed by atoms with E-state index >= 15 is 0 Å². The predicted molar refractivity (Wildman–Crippen MR) is 136 cm³/mol. The van der Waals surface area contributed by atoms with Gasteiger partial charge in [0.1, 0.15) is 11.4 Å². The summed E-state index contributed by atoms with van der Waals surface area (Å²) in [5, 5.41) is 26.3. The predicted octanol–water partition coefficient (Wildman–Crippen LogP) is 4.51. The van der Waals surface area contributed by atoms with Gasteiger partial charge >= 0.3 is 0 Å². The van der Waals surface area contributed by atoms with E-state index in [1.807, 2.05) is 42.5 Å². The number of carbonyl (C=O) groups is 2. The van der Waals surface area contributed by atoms with Crippen LogP contribution in [-0.2, 0) is 11.3 Å². The molecule has 1 unspecified atom stereocenters. The van der Waals surface area contributed by atoms with Crippen molar-refractivity contribution in [2.75, 3.05) is 12.4 Å². The molecule has 1 aromatic heterocycles. The highest BCUT2D eigenvalue weighted by Gasteiger charge is 2.29. The van der Waals surface area contributed by atoms with Crippen LogP contribution in [0.4, 0.5) is 5.69 Å². The highest BCUT2D eigenvalue weighted by Crippen LogP contribution is 2.38. The molecule has 1 aliphatic carbocycles. The Morgan fingerprint density at radius 2 is 1.97 bits per heavy atom. The Bertz CT molecular complexity index is 1500. The number of azo groups is 1. The van der Waals surface area contributed by atoms with Crippen LogP contribution in [0.1, 0.15) is 29.9 Å². The highest BCUT2D eigenvalue weighted by atomic mass is 16.5. The van der Waals surface area contributed by atoms with Crippen LogP contribution in [0.25, 0.3) is 16.6 Å². The van der Waals surface area contributed by atoms with Crippen molar-refractivity contribution < 1.29 is 19.4 Å². The topological polar surface area (TPSA) is 118 Å². The van der Waals surface area contributed by atoms with Gasteiger partial charge in [-0.25, -0.2) is 0 Å². The summed E-state index contributed by atoms with van der Waals surface area (Å²) in [7, 11) is 1.53. The molecule has 2 aromatic carbocycles. The van der Waals surface area contributed by atoms with Gasteiger partial charge in [0, 0.05) is 22.7 Å². The Balaban J connectivity index is 1.47. The van der Waals surface area contributed by atoms with Crippen LogP contribution >= 0.6 is 0 Å². The molecule has 2 N–H and O–H groups in total. The van der Waals surface area contributed by atoms with E-state index < -0.39 is 11.5 Å². The van der Waals surface area contributed by atoms with Gasteiger partial charge in [0.25, 0.3) is 11.8 Å². The smallest absolute Gasteiger partial charge is 0.276 e. The first kappa shape index (κ1) is 23.4. The van der Waals surface area contributed by atoms with E-state index in [2.05, 4.69) is 20.6 Å². The average Bonchev–Trinajstić information content (AvgIpc) is 3.22. The third-order valence-electron chi connectivity index (χ3n) is 5.94. The lowest BCUT2D eigenvalue weighted by Crippen LogP contribution is -2.27. The SMILES string of the molecule is COc1cc(NC(=O)c2nn(CC(C)(C)O)c3ccccc23)ccc1C1=C2C=CC=CC2C(=O)N=N1. The summed E-state index contributed by atoms with van der Waals surface area (Å²) in [5.41, 5.74) is 2.48. The maximum atomic E-state index is 13.2. The van der Waals surface area contributed by atoms with Crippen molar-refractivity contribution in [2.24, 2.45) is 16.1 Å². The molecule has 0 saturated carbocycles. The van der Waals surface area contributed by atoms with Crippen molar-refractivity contribution in [3.05, 3.63) is 83.6 Å². The molecule has 0 fully saturated rings. The first-order valence-corrected chi connectivity index (χ1v) is 11.5. The third-order valence-corrected chi connectivity index (χ3v) is 5.94. The Morgan fingerprint density at radius 1 is 1.17 bits per heavy atom. The van der Waals surface area contributed by atoms with Crippen molar-refractivity contribution in [2.45, 2.75) is 26.0 Å². The van der Waals surface area contributed by atoms with E-state index in [1.165, 1.54) is 7.11 Å². The first-order valence-electron chi connectivity index (χ1n) is 11.5. The lowest BCUT2D eigenvalue weighted by molar-refractivity contribution is -0.119. The fourth-order valence-electron chi connectivity index (χ4n) is 4.35. The second-order valence-corrected chi connectivity index (χ2v) is 9.27. The molecule has 182 valence electrons. The van der Waals surface area contributed by atoms with Crippen molar-refractivity contribution in [3.8, 4) is 5.75 Å². The average molecular weight is 484 g/mol. The van der Waals surface area contributed by atoms with Gasteiger partial charge in [-0.05, 0) is 37.6 Å². The molecule has 2 amide bonds. The molecule has 36 heavy (non-hydrogen) atoms. The van der Waals surface area contributed by atoms with E-state index in [4.69, 9.17) is 4.74 Å². The number of allylic oxidation sites excluding steroid dienone is 3. The van der Waals surface area contributed by atoms with Gasteiger partial charge in [-0.2, -0.15) is 5.10 Å². The number of benzene rings is 2. The third kappa shape index (κ3) is 4.36. The van der Waals surface area contributed by atoms with Crippen LogP contribution in [0.15, 0.2) is 82.6 Å². The minimum Gasteiger partial charge on any atom is -0.496 e. The van der Waals surface area contributed by atoms with Crippen LogP contribution in [0.5, 0.6) is 5.75 Å². The number of amides is 2. The molecule has 2 aliphatic rings. The standard InChI is InChI=1S/C27H25N5O4/c1-27(2,35)15-32-21-11-7-6-10-19(21)24(31-32)26(34)28-16-12-13-20(22(14-16)36-3)23-17-8-4-5-9-18(17)25(33)30-29-23/h4-14,18,35H,15H2,1-3H3,(H,28,34). The number of para-hydroxylation sites is 1. The summed E-state index contributed by atoms with van der Waals surface area (Å²) in [6, 6.07) is 12.6. The van der Waals surface area contributed by atoms with E-state index in [9.17, 15) is 14.7 Å². The minimum atomic E-state index is -0.995. The molecule has 0 spiro atoms. The van der Waals surface area contributed by atoms with Crippen LogP contribution in [0.2, 0.25) is 0 Å². The number of anilines is 1. The quantitative estimate of drug-likeness (QED) is 0.535. The van der Waals surface area contributed by atoms with Crippen LogP contribution in [0, 0.1) is 5.92 Å². The van der Waals surface area contributed by atoms with Crippen LogP contribution in [-0.4, -0.2) is 39.4 Å². The van der Waals surface area contributed by atoms with Gasteiger partial charge in [0.05, 0.1) is 30.7 Å². The Hall–Kier alpha value is -4.37. The van der Waals surface area contributed by atoms with Crippen molar-refractivity contribution in [1.82, 2.24) is 9.78 Å². The van der Waals surface area contributed by atoms with Crippen molar-refractivity contribution >= 4 is 34.1 Å². The molecule has 3 aromatic rings. The number of methoxy groups -OCH3 is 1. The van der Waals surface area contributed by atoms with Gasteiger partial charge in [0.2, 0.25) is 0 Å². The summed E-state index contributed by atoms with van der Waals surface area (Å²) < 4.78 is 7.24. The van der Waals surface area contributed by atoms with Gasteiger partial charge in [-0.3, -0.25) is 14.3 Å². The molecule has 2 heterocycles. The van der Waals surface area contributed by atoms with Crippen LogP contribution in [0.3, 0.4) is 0 Å². The van der Waals surface area contributed by atoms with E-state index in [0.717, 1.165) is 11.1 Å². The number of fused-ring (bicyclic) bond motifs is 2. The molecular weight excluding hydrogens is 458 g/mol. The number of rotatable bonds is 6.